The van der Waals surface area contributed by atoms with Crippen molar-refractivity contribution in [3.8, 4) is 0 Å². The van der Waals surface area contributed by atoms with Crippen molar-refractivity contribution in [2.24, 2.45) is 5.92 Å². The molecule has 0 aliphatic carbocycles. The molecule has 0 unspecified atom stereocenters. The van der Waals surface area contributed by atoms with Crippen LogP contribution in [0.3, 0.4) is 0 Å². The molecule has 1 aliphatic rings. The topological polar surface area (TPSA) is 41.1 Å². The number of nitrogens with one attached hydrogen (secondary N) is 2. The molecule has 0 radical (unpaired) electrons. The van der Waals surface area contributed by atoms with Crippen molar-refractivity contribution >= 4 is 18.3 Å². The van der Waals surface area contributed by atoms with Crippen LogP contribution >= 0.6 is 12.4 Å². The second kappa shape index (κ2) is 6.71. The maximum absolute atomic E-state index is 12.9. The first-order valence-corrected chi connectivity index (χ1v) is 5.90. The molecule has 3 nitrogen and oxygen atoms in total. The van der Waals surface area contributed by atoms with Crippen LogP contribution < -0.4 is 10.6 Å². The van der Waals surface area contributed by atoms with Crippen LogP contribution in [-0.4, -0.2) is 25.5 Å². The van der Waals surface area contributed by atoms with Gasteiger partial charge >= 0.3 is 0 Å². The second-order valence-corrected chi connectivity index (χ2v) is 4.47. The third-order valence-corrected chi connectivity index (χ3v) is 3.15. The van der Waals surface area contributed by atoms with Gasteiger partial charge in [-0.3, -0.25) is 4.79 Å². The Bertz CT molecular complexity index is 421. The van der Waals surface area contributed by atoms with Gasteiger partial charge in [0.2, 0.25) is 5.91 Å². The van der Waals surface area contributed by atoms with Crippen LogP contribution in [0.4, 0.5) is 4.39 Å². The van der Waals surface area contributed by atoms with Gasteiger partial charge in [-0.2, -0.15) is 0 Å². The van der Waals surface area contributed by atoms with Crippen molar-refractivity contribution in [1.29, 1.82) is 0 Å². The van der Waals surface area contributed by atoms with E-state index in [1.807, 2.05) is 6.92 Å². The highest BCUT2D eigenvalue weighted by Crippen LogP contribution is 2.10. The minimum absolute atomic E-state index is 0. The molecule has 1 heterocycles. The molecule has 0 aromatic heterocycles. The van der Waals surface area contributed by atoms with E-state index in [0.29, 0.717) is 6.54 Å². The van der Waals surface area contributed by atoms with Gasteiger partial charge in [-0.25, -0.2) is 4.39 Å². The van der Waals surface area contributed by atoms with Crippen LogP contribution in [0.2, 0.25) is 0 Å². The lowest BCUT2D eigenvalue weighted by Gasteiger charge is -2.25. The number of aryl methyl sites for hydroxylation is 1. The quantitative estimate of drug-likeness (QED) is 0.871. The molecule has 1 aromatic carbocycles. The highest BCUT2D eigenvalue weighted by Gasteiger charge is 2.24. The van der Waals surface area contributed by atoms with Crippen LogP contribution in [0.25, 0.3) is 0 Å². The van der Waals surface area contributed by atoms with Crippen molar-refractivity contribution in [3.63, 3.8) is 0 Å². The van der Waals surface area contributed by atoms with E-state index in [1.54, 1.807) is 6.07 Å². The lowest BCUT2D eigenvalue weighted by Crippen LogP contribution is -2.51. The van der Waals surface area contributed by atoms with Gasteiger partial charge in [0.25, 0.3) is 0 Å². The molecule has 5 heteroatoms. The molecule has 0 spiro atoms. The SMILES string of the molecule is Cc1cc(F)ccc1CCNC(=O)C1CNC1.Cl. The minimum atomic E-state index is -0.212. The fourth-order valence-electron chi connectivity index (χ4n) is 1.88. The third-order valence-electron chi connectivity index (χ3n) is 3.15. The van der Waals surface area contributed by atoms with E-state index in [9.17, 15) is 9.18 Å². The van der Waals surface area contributed by atoms with E-state index in [2.05, 4.69) is 10.6 Å². The van der Waals surface area contributed by atoms with Crippen molar-refractivity contribution in [2.75, 3.05) is 19.6 Å². The molecular formula is C13H18ClFN2O. The molecule has 100 valence electrons. The van der Waals surface area contributed by atoms with Crippen molar-refractivity contribution in [2.45, 2.75) is 13.3 Å². The lowest BCUT2D eigenvalue weighted by atomic mass is 10.0. The zero-order valence-electron chi connectivity index (χ0n) is 10.3. The van der Waals surface area contributed by atoms with E-state index in [-0.39, 0.29) is 30.0 Å². The Kier molecular flexibility index (Phi) is 5.56. The fourth-order valence-corrected chi connectivity index (χ4v) is 1.88. The van der Waals surface area contributed by atoms with E-state index in [0.717, 1.165) is 30.6 Å². The van der Waals surface area contributed by atoms with Crippen LogP contribution in [0.5, 0.6) is 0 Å². The molecule has 0 saturated carbocycles. The first-order valence-electron chi connectivity index (χ1n) is 5.90. The van der Waals surface area contributed by atoms with Gasteiger partial charge in [0.15, 0.2) is 0 Å². The summed E-state index contributed by atoms with van der Waals surface area (Å²) in [6.07, 6.45) is 0.748. The summed E-state index contributed by atoms with van der Waals surface area (Å²) in [7, 11) is 0. The zero-order chi connectivity index (χ0) is 12.3. The van der Waals surface area contributed by atoms with E-state index < -0.39 is 0 Å². The fraction of sp³-hybridized carbons (Fsp3) is 0.462. The predicted molar refractivity (Wildman–Crippen MR) is 71.5 cm³/mol. The van der Waals surface area contributed by atoms with Gasteiger partial charge in [-0.15, -0.1) is 12.4 Å². The van der Waals surface area contributed by atoms with Crippen molar-refractivity contribution in [3.05, 3.63) is 35.1 Å². The highest BCUT2D eigenvalue weighted by molar-refractivity contribution is 5.85. The van der Waals surface area contributed by atoms with E-state index in [1.165, 1.54) is 12.1 Å². The normalized spacial score (nSPS) is 14.6. The molecule has 1 aliphatic heterocycles. The smallest absolute Gasteiger partial charge is 0.225 e. The summed E-state index contributed by atoms with van der Waals surface area (Å²) in [5.74, 6) is 0.0312. The van der Waals surface area contributed by atoms with Gasteiger partial charge in [-0.05, 0) is 36.6 Å². The maximum atomic E-state index is 12.9. The first kappa shape index (κ1) is 14.9. The summed E-state index contributed by atoms with van der Waals surface area (Å²) < 4.78 is 12.9. The number of amides is 1. The Morgan fingerprint density at radius 2 is 2.22 bits per heavy atom. The Hall–Kier alpha value is -1.13. The average Bonchev–Trinajstić information content (AvgIpc) is 2.18. The number of carbonyl (C=O) groups is 1. The van der Waals surface area contributed by atoms with Gasteiger partial charge in [0.1, 0.15) is 5.82 Å². The Morgan fingerprint density at radius 3 is 2.78 bits per heavy atom. The van der Waals surface area contributed by atoms with Crippen LogP contribution in [0.15, 0.2) is 18.2 Å². The molecule has 1 amide bonds. The monoisotopic (exact) mass is 272 g/mol. The number of rotatable bonds is 4. The number of benzene rings is 1. The summed E-state index contributed by atoms with van der Waals surface area (Å²) in [6.45, 7) is 4.06. The second-order valence-electron chi connectivity index (χ2n) is 4.47. The maximum Gasteiger partial charge on any atom is 0.225 e. The Morgan fingerprint density at radius 1 is 1.50 bits per heavy atom. The number of hydrogen-bond acceptors (Lipinski definition) is 2. The molecule has 1 saturated heterocycles. The summed E-state index contributed by atoms with van der Waals surface area (Å²) in [5.41, 5.74) is 2.02. The van der Waals surface area contributed by atoms with Gasteiger partial charge < -0.3 is 10.6 Å². The van der Waals surface area contributed by atoms with E-state index in [4.69, 9.17) is 0 Å². The molecule has 18 heavy (non-hydrogen) atoms. The van der Waals surface area contributed by atoms with Gasteiger partial charge in [-0.1, -0.05) is 6.07 Å². The summed E-state index contributed by atoms with van der Waals surface area (Å²) in [4.78, 5) is 11.5. The summed E-state index contributed by atoms with van der Waals surface area (Å²) in [5, 5.41) is 5.97. The van der Waals surface area contributed by atoms with Crippen LogP contribution in [0.1, 0.15) is 11.1 Å². The number of carbonyl (C=O) groups excluding carboxylic acids is 1. The highest BCUT2D eigenvalue weighted by atomic mass is 35.5. The Labute approximate surface area is 113 Å². The van der Waals surface area contributed by atoms with Crippen LogP contribution in [0, 0.1) is 18.7 Å². The minimum Gasteiger partial charge on any atom is -0.355 e. The molecule has 1 fully saturated rings. The number of halogens is 2. The summed E-state index contributed by atoms with van der Waals surface area (Å²) in [6, 6.07) is 4.76. The van der Waals surface area contributed by atoms with Crippen LogP contribution in [-0.2, 0) is 11.2 Å². The number of hydrogen-bond donors (Lipinski definition) is 2. The van der Waals surface area contributed by atoms with Crippen molar-refractivity contribution in [1.82, 2.24) is 10.6 Å². The van der Waals surface area contributed by atoms with Gasteiger partial charge in [0.05, 0.1) is 5.92 Å². The Balaban J connectivity index is 0.00000162. The van der Waals surface area contributed by atoms with Crippen molar-refractivity contribution < 1.29 is 9.18 Å². The standard InChI is InChI=1S/C13H17FN2O.ClH/c1-9-6-12(14)3-2-10(9)4-5-16-13(17)11-7-15-8-11;/h2-3,6,11,15H,4-5,7-8H2,1H3,(H,16,17);1H. The molecule has 0 bridgehead atoms. The largest absolute Gasteiger partial charge is 0.355 e. The lowest BCUT2D eigenvalue weighted by molar-refractivity contribution is -0.126. The first-order chi connectivity index (χ1) is 8.16. The average molecular weight is 273 g/mol. The molecule has 1 aromatic rings. The molecule has 2 N–H and O–H groups in total. The predicted octanol–water partition coefficient (Wildman–Crippen LogP) is 1.43. The third kappa shape index (κ3) is 3.68. The molecule has 2 rings (SSSR count). The zero-order valence-corrected chi connectivity index (χ0v) is 11.1. The summed E-state index contributed by atoms with van der Waals surface area (Å²) >= 11 is 0. The molecular weight excluding hydrogens is 255 g/mol. The molecule has 0 atom stereocenters. The van der Waals surface area contributed by atoms with Gasteiger partial charge in [0, 0.05) is 19.6 Å². The van der Waals surface area contributed by atoms with E-state index >= 15 is 0 Å².